The van der Waals surface area contributed by atoms with Gasteiger partial charge in [-0.3, -0.25) is 9.82 Å². The van der Waals surface area contributed by atoms with Gasteiger partial charge in [0.15, 0.2) is 10.5 Å². The molecule has 4 rings (SSSR count). The van der Waals surface area contributed by atoms with Crippen molar-refractivity contribution in [3.8, 4) is 0 Å². The van der Waals surface area contributed by atoms with E-state index in [1.54, 1.807) is 35.5 Å². The summed E-state index contributed by atoms with van der Waals surface area (Å²) in [6, 6.07) is 5.23. The van der Waals surface area contributed by atoms with Crippen LogP contribution < -0.4 is 4.72 Å². The lowest BCUT2D eigenvalue weighted by Crippen LogP contribution is -2.42. The van der Waals surface area contributed by atoms with Gasteiger partial charge in [0.1, 0.15) is 4.95 Å². The average molecular weight is 400 g/mol. The number of fused-ring (bicyclic) bond motifs is 2. The van der Waals surface area contributed by atoms with Crippen LogP contribution in [0.4, 0.5) is 5.69 Å². The van der Waals surface area contributed by atoms with Gasteiger partial charge in [-0.05, 0) is 23.6 Å². The molecule has 2 unspecified atom stereocenters. The molecule has 0 spiro atoms. The molecule has 0 radical (unpaired) electrons. The first-order chi connectivity index (χ1) is 10.5. The van der Waals surface area contributed by atoms with E-state index in [0.717, 1.165) is 10.9 Å². The lowest BCUT2D eigenvalue weighted by atomic mass is 10.2. The second kappa shape index (κ2) is 5.00. The van der Waals surface area contributed by atoms with Crippen molar-refractivity contribution in [3.63, 3.8) is 0 Å². The van der Waals surface area contributed by atoms with Gasteiger partial charge >= 0.3 is 0 Å². The van der Waals surface area contributed by atoms with E-state index in [-0.39, 0.29) is 0 Å². The Morgan fingerprint density at radius 1 is 1.41 bits per heavy atom. The van der Waals surface area contributed by atoms with Gasteiger partial charge in [0.2, 0.25) is 0 Å². The standard InChI is InChI=1S/C12H10BrN5O2S2/c13-10-11(18-3-4-21-12(18)15-10)22(19,20)17-8-1-2-9-7(5-8)6-14-16-9/h1-6,10-11,17H,(H,14,16). The van der Waals surface area contributed by atoms with Crippen molar-refractivity contribution < 1.29 is 8.42 Å². The number of nitrogens with zero attached hydrogens (tertiary/aromatic N) is 3. The highest BCUT2D eigenvalue weighted by molar-refractivity contribution is 9.09. The predicted molar refractivity (Wildman–Crippen MR) is 91.1 cm³/mol. The Morgan fingerprint density at radius 3 is 3.14 bits per heavy atom. The monoisotopic (exact) mass is 399 g/mol. The molecule has 0 amide bonds. The van der Waals surface area contributed by atoms with Gasteiger partial charge < -0.3 is 4.90 Å². The fraction of sp³-hybridized carbons (Fsp3) is 0.167. The first-order valence-corrected chi connectivity index (χ1v) is 9.67. The van der Waals surface area contributed by atoms with Crippen molar-refractivity contribution in [1.82, 2.24) is 15.1 Å². The fourth-order valence-corrected chi connectivity index (χ4v) is 6.09. The molecule has 2 N–H and O–H groups in total. The van der Waals surface area contributed by atoms with Gasteiger partial charge in [-0.1, -0.05) is 27.7 Å². The highest BCUT2D eigenvalue weighted by atomic mass is 79.9. The molecule has 0 aliphatic carbocycles. The predicted octanol–water partition coefficient (Wildman–Crippen LogP) is 2.24. The molecule has 3 heterocycles. The quantitative estimate of drug-likeness (QED) is 0.609. The molecule has 10 heteroatoms. The van der Waals surface area contributed by atoms with E-state index in [2.05, 4.69) is 35.8 Å². The summed E-state index contributed by atoms with van der Waals surface area (Å²) in [7, 11) is -3.65. The lowest BCUT2D eigenvalue weighted by Gasteiger charge is -2.23. The number of hydrogen-bond acceptors (Lipinski definition) is 6. The molecule has 2 atom stereocenters. The zero-order chi connectivity index (χ0) is 15.3. The minimum atomic E-state index is -3.65. The van der Waals surface area contributed by atoms with E-state index in [0.29, 0.717) is 10.9 Å². The number of benzene rings is 1. The first kappa shape index (κ1) is 14.1. The van der Waals surface area contributed by atoms with Crippen molar-refractivity contribution in [2.75, 3.05) is 4.72 Å². The number of thioether (sulfide) groups is 1. The van der Waals surface area contributed by atoms with E-state index >= 15 is 0 Å². The number of aliphatic imine (C=N–C) groups is 1. The summed E-state index contributed by atoms with van der Waals surface area (Å²) in [6.07, 6.45) is 3.38. The summed E-state index contributed by atoms with van der Waals surface area (Å²) in [5.41, 5.74) is 1.35. The molecular weight excluding hydrogens is 390 g/mol. The molecule has 0 bridgehead atoms. The molecular formula is C12H10BrN5O2S2. The van der Waals surface area contributed by atoms with Crippen LogP contribution >= 0.6 is 27.7 Å². The number of rotatable bonds is 3. The van der Waals surface area contributed by atoms with Crippen LogP contribution in [0.5, 0.6) is 0 Å². The van der Waals surface area contributed by atoms with Crippen LogP contribution in [0.25, 0.3) is 10.9 Å². The molecule has 2 aliphatic rings. The highest BCUT2D eigenvalue weighted by Gasteiger charge is 2.44. The minimum Gasteiger partial charge on any atom is -0.305 e. The second-order valence-electron chi connectivity index (χ2n) is 4.80. The fourth-order valence-electron chi connectivity index (χ4n) is 2.40. The van der Waals surface area contributed by atoms with E-state index in [4.69, 9.17) is 0 Å². The Kier molecular flexibility index (Phi) is 3.20. The maximum atomic E-state index is 12.7. The molecule has 0 saturated carbocycles. The third kappa shape index (κ3) is 2.22. The van der Waals surface area contributed by atoms with Gasteiger partial charge in [0, 0.05) is 17.3 Å². The van der Waals surface area contributed by atoms with Crippen molar-refractivity contribution in [2.24, 2.45) is 4.99 Å². The third-order valence-corrected chi connectivity index (χ3v) is 6.86. The van der Waals surface area contributed by atoms with Crippen molar-refractivity contribution >= 4 is 59.5 Å². The Morgan fingerprint density at radius 2 is 2.27 bits per heavy atom. The van der Waals surface area contributed by atoms with Gasteiger partial charge in [-0.2, -0.15) is 5.10 Å². The number of sulfonamides is 1. The Bertz CT molecular complexity index is 907. The van der Waals surface area contributed by atoms with Gasteiger partial charge in [-0.25, -0.2) is 13.4 Å². The molecule has 7 nitrogen and oxygen atoms in total. The molecule has 2 aromatic rings. The summed E-state index contributed by atoms with van der Waals surface area (Å²) in [4.78, 5) is 5.46. The maximum absolute atomic E-state index is 12.7. The van der Waals surface area contributed by atoms with Crippen molar-refractivity contribution in [1.29, 1.82) is 0 Å². The van der Waals surface area contributed by atoms with Crippen LogP contribution in [0.15, 0.2) is 41.0 Å². The minimum absolute atomic E-state index is 0.498. The van der Waals surface area contributed by atoms with Gasteiger partial charge in [0.05, 0.1) is 11.7 Å². The summed E-state index contributed by atoms with van der Waals surface area (Å²) < 4.78 is 28.0. The number of aromatic nitrogens is 2. The summed E-state index contributed by atoms with van der Waals surface area (Å²) in [5, 5.41) is 9.28. The van der Waals surface area contributed by atoms with E-state index in [9.17, 15) is 8.42 Å². The number of nitrogens with one attached hydrogen (secondary N) is 2. The molecule has 2 aliphatic heterocycles. The van der Waals surface area contributed by atoms with Crippen molar-refractivity contribution in [3.05, 3.63) is 36.0 Å². The Hall–Kier alpha value is -1.52. The third-order valence-electron chi connectivity index (χ3n) is 3.38. The van der Waals surface area contributed by atoms with E-state index in [1.807, 2.05) is 5.41 Å². The summed E-state index contributed by atoms with van der Waals surface area (Å²) in [6.45, 7) is 0. The summed E-state index contributed by atoms with van der Waals surface area (Å²) in [5.74, 6) is 0. The number of anilines is 1. The molecule has 0 saturated heterocycles. The normalized spacial score (nSPS) is 23.9. The maximum Gasteiger partial charge on any atom is 0.257 e. The zero-order valence-corrected chi connectivity index (χ0v) is 14.2. The van der Waals surface area contributed by atoms with Crippen LogP contribution in [0.2, 0.25) is 0 Å². The van der Waals surface area contributed by atoms with Crippen molar-refractivity contribution in [2.45, 2.75) is 10.3 Å². The number of aromatic amines is 1. The molecule has 22 heavy (non-hydrogen) atoms. The number of hydrogen-bond donors (Lipinski definition) is 2. The zero-order valence-electron chi connectivity index (χ0n) is 11.0. The van der Waals surface area contributed by atoms with Crippen LogP contribution in [0.3, 0.4) is 0 Å². The Balaban J connectivity index is 1.65. The SMILES string of the molecule is O=S(=O)(Nc1ccc2[nH]ncc2c1)C1C(Br)N=C2SC=CN21. The number of alkyl halides is 1. The van der Waals surface area contributed by atoms with Gasteiger partial charge in [-0.15, -0.1) is 0 Å². The van der Waals surface area contributed by atoms with Crippen LogP contribution in [0.1, 0.15) is 0 Å². The molecule has 1 aromatic heterocycles. The number of halogens is 1. The largest absolute Gasteiger partial charge is 0.305 e. The Labute approximate surface area is 139 Å². The number of amidine groups is 1. The average Bonchev–Trinajstić information content (AvgIpc) is 3.11. The summed E-state index contributed by atoms with van der Waals surface area (Å²) >= 11 is 4.74. The second-order valence-corrected chi connectivity index (χ2v) is 8.39. The molecule has 0 fully saturated rings. The lowest BCUT2D eigenvalue weighted by molar-refractivity contribution is 0.508. The van der Waals surface area contributed by atoms with Crippen LogP contribution in [-0.4, -0.2) is 39.0 Å². The van der Waals surface area contributed by atoms with Gasteiger partial charge in [0.25, 0.3) is 10.0 Å². The van der Waals surface area contributed by atoms with E-state index < -0.39 is 20.3 Å². The first-order valence-electron chi connectivity index (χ1n) is 6.33. The van der Waals surface area contributed by atoms with E-state index in [1.165, 1.54) is 11.8 Å². The molecule has 1 aromatic carbocycles. The molecule has 114 valence electrons. The topological polar surface area (TPSA) is 90.4 Å². The van der Waals surface area contributed by atoms with Crippen LogP contribution in [0, 0.1) is 0 Å². The highest BCUT2D eigenvalue weighted by Crippen LogP contribution is 2.35. The van der Waals surface area contributed by atoms with Crippen LogP contribution in [-0.2, 0) is 10.0 Å². The number of H-pyrrole nitrogens is 1. The smallest absolute Gasteiger partial charge is 0.257 e.